The predicted molar refractivity (Wildman–Crippen MR) is 27.4 cm³/mol. The summed E-state index contributed by atoms with van der Waals surface area (Å²) in [5, 5.41) is 0. The number of hydrogen-bond donors (Lipinski definition) is 0. The fourth-order valence-electron chi connectivity index (χ4n) is 0.373. The first-order valence-corrected chi connectivity index (χ1v) is 3.61. The minimum Gasteiger partial charge on any atom is -0.748 e. The van der Waals surface area contributed by atoms with Crippen molar-refractivity contribution in [3.05, 3.63) is 0 Å². The largest absolute Gasteiger partial charge is 1.00 e. The van der Waals surface area contributed by atoms with Gasteiger partial charge in [0.2, 0.25) is 0 Å². The summed E-state index contributed by atoms with van der Waals surface area (Å²) in [5.74, 6) is 0. The third-order valence-electron chi connectivity index (χ3n) is 1.24. The molecule has 0 saturated heterocycles. The van der Waals surface area contributed by atoms with E-state index in [1.165, 1.54) is 0 Å². The van der Waals surface area contributed by atoms with Gasteiger partial charge >= 0.3 is 51.4 Å². The van der Waals surface area contributed by atoms with Crippen molar-refractivity contribution in [3.63, 3.8) is 0 Å². The van der Waals surface area contributed by atoms with Gasteiger partial charge in [0.15, 0.2) is 0 Å². The van der Waals surface area contributed by atoms with Gasteiger partial charge in [0, 0.05) is 4.65 Å². The summed E-state index contributed by atoms with van der Waals surface area (Å²) in [6.07, 6.45) is 0.637. The average molecular weight is 170 g/mol. The average Bonchev–Trinajstić information content (AvgIpc) is 2.16. The molecule has 0 spiro atoms. The summed E-state index contributed by atoms with van der Waals surface area (Å²) in [6.45, 7) is 0. The maximum atomic E-state index is 10.0. The summed E-state index contributed by atoms with van der Waals surface area (Å²) < 4.78 is 28.7. The molecule has 0 atom stereocenters. The second-order valence-corrected chi connectivity index (χ2v) is 3.74. The first-order valence-electron chi connectivity index (χ1n) is 2.20. The molecule has 0 unspecified atom stereocenters. The quantitative estimate of drug-likeness (QED) is 0.299. The Bertz CT molecular complexity index is 195. The smallest absolute Gasteiger partial charge is 0.748 e. The standard InChI is InChI=1S/C3H5BO3S.K/c4-3(1-2-3)8(5,6)7;/h1-2H2,(H,5,6,7);/q;+1/p-1. The minimum atomic E-state index is -4.20. The van der Waals surface area contributed by atoms with E-state index in [1.54, 1.807) is 0 Å². The van der Waals surface area contributed by atoms with E-state index in [1.807, 2.05) is 0 Å². The molecule has 9 heavy (non-hydrogen) atoms. The molecule has 0 N–H and O–H groups in total. The maximum Gasteiger partial charge on any atom is 1.00 e. The molecular formula is C3H4BKO3S. The zero-order valence-electron chi connectivity index (χ0n) is 5.12. The van der Waals surface area contributed by atoms with E-state index in [2.05, 4.69) is 0 Å². The Morgan fingerprint density at radius 1 is 1.44 bits per heavy atom. The second kappa shape index (κ2) is 2.92. The van der Waals surface area contributed by atoms with Crippen molar-refractivity contribution in [3.8, 4) is 0 Å². The molecular weight excluding hydrogens is 166 g/mol. The van der Waals surface area contributed by atoms with Gasteiger partial charge in [-0.2, -0.15) is 0 Å². The van der Waals surface area contributed by atoms with Crippen molar-refractivity contribution in [2.24, 2.45) is 0 Å². The van der Waals surface area contributed by atoms with Gasteiger partial charge in [-0.15, -0.1) is 0 Å². The van der Waals surface area contributed by atoms with Crippen molar-refractivity contribution < 1.29 is 64.4 Å². The van der Waals surface area contributed by atoms with Crippen molar-refractivity contribution in [1.29, 1.82) is 0 Å². The first-order chi connectivity index (χ1) is 3.46. The molecule has 6 heteroatoms. The molecule has 1 aliphatic carbocycles. The molecule has 0 aromatic carbocycles. The zero-order valence-corrected chi connectivity index (χ0v) is 9.06. The second-order valence-electron chi connectivity index (χ2n) is 2.02. The molecule has 3 nitrogen and oxygen atoms in total. The van der Waals surface area contributed by atoms with Crippen LogP contribution < -0.4 is 51.4 Å². The van der Waals surface area contributed by atoms with Crippen molar-refractivity contribution in [2.75, 3.05) is 0 Å². The Morgan fingerprint density at radius 2 is 1.78 bits per heavy atom. The Balaban J connectivity index is 0.000000640. The van der Waals surface area contributed by atoms with Gasteiger partial charge in [-0.1, -0.05) is 0 Å². The summed E-state index contributed by atoms with van der Waals surface area (Å²) in [6, 6.07) is 0. The van der Waals surface area contributed by atoms with Gasteiger partial charge in [-0.25, -0.2) is 8.42 Å². The third-order valence-corrected chi connectivity index (χ3v) is 2.64. The van der Waals surface area contributed by atoms with Crippen LogP contribution in [0, 0.1) is 0 Å². The number of hydrogen-bond acceptors (Lipinski definition) is 3. The van der Waals surface area contributed by atoms with Gasteiger partial charge in [-0.3, -0.25) is 0 Å². The Hall–Kier alpha value is 1.61. The summed E-state index contributed by atoms with van der Waals surface area (Å²) >= 11 is 0. The first kappa shape index (κ1) is 10.6. The summed E-state index contributed by atoms with van der Waals surface area (Å²) in [5.41, 5.74) is 0. The van der Waals surface area contributed by atoms with Crippen LogP contribution in [0.25, 0.3) is 0 Å². The monoisotopic (exact) mass is 170 g/mol. The Kier molecular flexibility index (Phi) is 3.45. The topological polar surface area (TPSA) is 57.2 Å². The van der Waals surface area contributed by atoms with E-state index < -0.39 is 14.8 Å². The molecule has 0 aromatic heterocycles. The molecule has 1 saturated carbocycles. The van der Waals surface area contributed by atoms with Crippen LogP contribution in [0.1, 0.15) is 12.8 Å². The van der Waals surface area contributed by atoms with E-state index in [0.29, 0.717) is 12.8 Å². The van der Waals surface area contributed by atoms with Crippen LogP contribution in [-0.2, 0) is 10.1 Å². The van der Waals surface area contributed by atoms with Crippen molar-refractivity contribution in [2.45, 2.75) is 17.5 Å². The molecule has 1 fully saturated rings. The van der Waals surface area contributed by atoms with Gasteiger partial charge in [0.05, 0.1) is 18.0 Å². The molecule has 44 valence electrons. The summed E-state index contributed by atoms with van der Waals surface area (Å²) in [4.78, 5) is 0. The van der Waals surface area contributed by atoms with E-state index in [0.717, 1.165) is 0 Å². The zero-order chi connectivity index (χ0) is 6.41. The minimum absolute atomic E-state index is 0. The molecule has 0 amide bonds. The fraction of sp³-hybridized carbons (Fsp3) is 1.00. The van der Waals surface area contributed by atoms with Crippen LogP contribution in [0.4, 0.5) is 0 Å². The van der Waals surface area contributed by atoms with Crippen molar-refractivity contribution >= 4 is 18.0 Å². The van der Waals surface area contributed by atoms with Gasteiger partial charge < -0.3 is 4.55 Å². The molecule has 0 aliphatic heterocycles. The third kappa shape index (κ3) is 2.28. The molecule has 1 rings (SSSR count). The van der Waals surface area contributed by atoms with Crippen LogP contribution in [0.15, 0.2) is 0 Å². The molecule has 2 radical (unpaired) electrons. The summed E-state index contributed by atoms with van der Waals surface area (Å²) in [7, 11) is 0.822. The van der Waals surface area contributed by atoms with Crippen LogP contribution >= 0.6 is 0 Å². The molecule has 1 aliphatic rings. The fourth-order valence-corrected chi connectivity index (χ4v) is 0.975. The van der Waals surface area contributed by atoms with Crippen LogP contribution in [0.2, 0.25) is 0 Å². The van der Waals surface area contributed by atoms with Gasteiger partial charge in [-0.05, 0) is 12.8 Å². The molecule has 0 aromatic rings. The molecule has 0 heterocycles. The maximum absolute atomic E-state index is 10.0. The Morgan fingerprint density at radius 3 is 1.78 bits per heavy atom. The van der Waals surface area contributed by atoms with Crippen LogP contribution in [0.5, 0.6) is 0 Å². The van der Waals surface area contributed by atoms with E-state index in [-0.39, 0.29) is 51.4 Å². The van der Waals surface area contributed by atoms with Gasteiger partial charge in [0.25, 0.3) is 0 Å². The van der Waals surface area contributed by atoms with E-state index in [4.69, 9.17) is 7.85 Å². The molecule has 0 bridgehead atoms. The van der Waals surface area contributed by atoms with E-state index in [9.17, 15) is 13.0 Å². The Labute approximate surface area is 98.2 Å². The van der Waals surface area contributed by atoms with Crippen LogP contribution in [0.3, 0.4) is 0 Å². The van der Waals surface area contributed by atoms with E-state index >= 15 is 0 Å². The number of rotatable bonds is 1. The van der Waals surface area contributed by atoms with Crippen molar-refractivity contribution in [1.82, 2.24) is 0 Å². The predicted octanol–water partition coefficient (Wildman–Crippen LogP) is -3.81. The van der Waals surface area contributed by atoms with Gasteiger partial charge in [0.1, 0.15) is 0 Å². The normalized spacial score (nSPS) is 22.3. The van der Waals surface area contributed by atoms with Crippen LogP contribution in [-0.4, -0.2) is 25.5 Å². The SMILES string of the molecule is [B]C1(S(=O)(=O)[O-])CC1.[K+].